The minimum Gasteiger partial charge on any atom is -0.449 e. The van der Waals surface area contributed by atoms with Gasteiger partial charge in [-0.05, 0) is 61.0 Å². The van der Waals surface area contributed by atoms with Gasteiger partial charge in [-0.25, -0.2) is 4.79 Å². The minimum absolute atomic E-state index is 0.119. The lowest BCUT2D eigenvalue weighted by molar-refractivity contribution is -0.384. The normalized spacial score (nSPS) is 14.1. The van der Waals surface area contributed by atoms with Crippen molar-refractivity contribution in [2.45, 2.75) is 32.4 Å². The van der Waals surface area contributed by atoms with Gasteiger partial charge in [0.1, 0.15) is 17.0 Å². The number of nitrogens with zero attached hydrogens (tertiary/aromatic N) is 2. The fourth-order valence-electron chi connectivity index (χ4n) is 2.81. The Balaban J connectivity index is 1.74. The number of hydrogen-bond acceptors (Lipinski definition) is 6. The van der Waals surface area contributed by atoms with Crippen molar-refractivity contribution in [3.8, 4) is 11.5 Å². The third-order valence-electron chi connectivity index (χ3n) is 4.12. The van der Waals surface area contributed by atoms with E-state index in [4.69, 9.17) is 9.47 Å². The molecule has 0 aromatic heterocycles. The summed E-state index contributed by atoms with van der Waals surface area (Å²) < 4.78 is 11.6. The zero-order valence-electron chi connectivity index (χ0n) is 16.3. The summed E-state index contributed by atoms with van der Waals surface area (Å²) in [5, 5.41) is 14.9. The molecule has 8 nitrogen and oxygen atoms in total. The maximum atomic E-state index is 12.1. The van der Waals surface area contributed by atoms with Crippen LogP contribution in [0, 0.1) is 10.1 Å². The molecule has 0 aliphatic carbocycles. The number of hydrogen-bond donors (Lipinski definition) is 1. The number of carbonyl (C=O) groups excluding carboxylic acids is 1. The van der Waals surface area contributed by atoms with Gasteiger partial charge in [-0.15, -0.1) is 0 Å². The Hall–Kier alpha value is -2.81. The lowest BCUT2D eigenvalue weighted by Crippen LogP contribution is -2.57. The maximum absolute atomic E-state index is 12.1. The number of amides is 1. The van der Waals surface area contributed by atoms with E-state index in [9.17, 15) is 14.9 Å². The van der Waals surface area contributed by atoms with Crippen LogP contribution in [0.15, 0.2) is 46.9 Å². The lowest BCUT2D eigenvalue weighted by atomic mass is 10.1. The van der Waals surface area contributed by atoms with Crippen molar-refractivity contribution in [2.75, 3.05) is 18.4 Å². The van der Waals surface area contributed by atoms with E-state index in [1.807, 2.05) is 6.07 Å². The molecular formula is C20H22BrN3O5. The van der Waals surface area contributed by atoms with E-state index in [-0.39, 0.29) is 17.5 Å². The van der Waals surface area contributed by atoms with Crippen LogP contribution in [-0.2, 0) is 4.74 Å². The van der Waals surface area contributed by atoms with E-state index in [1.165, 1.54) is 0 Å². The number of para-hydroxylation sites is 1. The van der Waals surface area contributed by atoms with Gasteiger partial charge in [0, 0.05) is 13.1 Å². The third-order valence-corrected chi connectivity index (χ3v) is 4.75. The summed E-state index contributed by atoms with van der Waals surface area (Å²) in [7, 11) is 0. The summed E-state index contributed by atoms with van der Waals surface area (Å²) in [5.41, 5.74) is -0.402. The highest BCUT2D eigenvalue weighted by Gasteiger charge is 2.35. The monoisotopic (exact) mass is 463 g/mol. The number of nitro groups is 1. The molecule has 9 heteroatoms. The molecular weight excluding hydrogens is 442 g/mol. The number of benzene rings is 2. The first-order valence-electron chi connectivity index (χ1n) is 9.08. The number of carbonyl (C=O) groups is 1. The molecule has 0 atom stereocenters. The summed E-state index contributed by atoms with van der Waals surface area (Å²) in [6.45, 7) is 6.22. The molecule has 0 saturated carbocycles. The van der Waals surface area contributed by atoms with E-state index in [0.29, 0.717) is 29.0 Å². The van der Waals surface area contributed by atoms with Crippen LogP contribution in [0.25, 0.3) is 0 Å². The molecule has 29 heavy (non-hydrogen) atoms. The summed E-state index contributed by atoms with van der Waals surface area (Å²) in [4.78, 5) is 24.9. The molecule has 1 saturated heterocycles. The molecule has 3 rings (SSSR count). The van der Waals surface area contributed by atoms with Gasteiger partial charge < -0.3 is 19.7 Å². The lowest BCUT2D eigenvalue weighted by Gasteiger charge is -2.40. The van der Waals surface area contributed by atoms with Crippen molar-refractivity contribution < 1.29 is 19.2 Å². The van der Waals surface area contributed by atoms with Crippen molar-refractivity contribution in [3.63, 3.8) is 0 Å². The molecule has 0 radical (unpaired) electrons. The number of anilines is 1. The van der Waals surface area contributed by atoms with E-state index in [0.717, 1.165) is 0 Å². The van der Waals surface area contributed by atoms with Gasteiger partial charge in [0.2, 0.25) is 5.75 Å². The highest BCUT2D eigenvalue weighted by atomic mass is 79.9. The Labute approximate surface area is 177 Å². The second-order valence-corrected chi connectivity index (χ2v) is 8.53. The standard InChI is InChI=1S/C20H22BrN3O5/c1-20(2,3)29-19(25)23-11-13(12-23)22-16-10-9-15(21)18(17(16)24(26)27)28-14-7-5-4-6-8-14/h4-10,13,22H,11-12H2,1-3H3. The molecule has 1 amide bonds. The third kappa shape index (κ3) is 5.17. The van der Waals surface area contributed by atoms with Crippen LogP contribution >= 0.6 is 15.9 Å². The highest BCUT2D eigenvalue weighted by molar-refractivity contribution is 9.10. The fraction of sp³-hybridized carbons (Fsp3) is 0.350. The second-order valence-electron chi connectivity index (χ2n) is 7.67. The Bertz CT molecular complexity index is 908. The predicted molar refractivity (Wildman–Crippen MR) is 113 cm³/mol. The number of ether oxygens (including phenoxy) is 2. The number of nitro benzene ring substituents is 1. The number of nitrogens with one attached hydrogen (secondary N) is 1. The van der Waals surface area contributed by atoms with Gasteiger partial charge in [-0.2, -0.15) is 0 Å². The van der Waals surface area contributed by atoms with E-state index >= 15 is 0 Å². The molecule has 154 valence electrons. The van der Waals surface area contributed by atoms with Crippen LogP contribution in [0.2, 0.25) is 0 Å². The molecule has 2 aromatic rings. The van der Waals surface area contributed by atoms with Gasteiger partial charge in [-0.3, -0.25) is 10.1 Å². The van der Waals surface area contributed by atoms with Gasteiger partial charge >= 0.3 is 11.8 Å². The zero-order valence-corrected chi connectivity index (χ0v) is 17.9. The number of rotatable bonds is 5. The van der Waals surface area contributed by atoms with Crippen molar-refractivity contribution in [1.82, 2.24) is 4.90 Å². The quantitative estimate of drug-likeness (QED) is 0.484. The van der Waals surface area contributed by atoms with Crippen LogP contribution in [0.5, 0.6) is 11.5 Å². The van der Waals surface area contributed by atoms with Gasteiger partial charge in [0.25, 0.3) is 0 Å². The summed E-state index contributed by atoms with van der Waals surface area (Å²) in [6.07, 6.45) is -0.394. The Morgan fingerprint density at radius 2 is 1.86 bits per heavy atom. The first-order chi connectivity index (χ1) is 13.6. The van der Waals surface area contributed by atoms with Crippen molar-refractivity contribution in [2.24, 2.45) is 0 Å². The van der Waals surface area contributed by atoms with E-state index in [2.05, 4.69) is 21.2 Å². The first-order valence-corrected chi connectivity index (χ1v) is 9.87. The first kappa shape index (κ1) is 20.9. The fourth-order valence-corrected chi connectivity index (χ4v) is 3.21. The molecule has 0 bridgehead atoms. The molecule has 1 aliphatic rings. The van der Waals surface area contributed by atoms with Crippen molar-refractivity contribution >= 4 is 33.4 Å². The summed E-state index contributed by atoms with van der Waals surface area (Å²) in [5.74, 6) is 0.614. The molecule has 1 heterocycles. The molecule has 2 aromatic carbocycles. The Morgan fingerprint density at radius 3 is 2.45 bits per heavy atom. The van der Waals surface area contributed by atoms with Crippen LogP contribution in [0.1, 0.15) is 20.8 Å². The summed E-state index contributed by atoms with van der Waals surface area (Å²) >= 11 is 3.33. The Morgan fingerprint density at radius 1 is 1.21 bits per heavy atom. The SMILES string of the molecule is CC(C)(C)OC(=O)N1CC(Nc2ccc(Br)c(Oc3ccccc3)c2[N+](=O)[O-])C1. The number of likely N-dealkylation sites (tertiary alicyclic amines) is 1. The smallest absolute Gasteiger partial charge is 0.410 e. The van der Waals surface area contributed by atoms with Crippen LogP contribution in [0.3, 0.4) is 0 Å². The van der Waals surface area contributed by atoms with Crippen LogP contribution < -0.4 is 10.1 Å². The van der Waals surface area contributed by atoms with Crippen molar-refractivity contribution in [3.05, 3.63) is 57.1 Å². The minimum atomic E-state index is -0.566. The second kappa shape index (κ2) is 8.28. The average molecular weight is 464 g/mol. The average Bonchev–Trinajstić information content (AvgIpc) is 2.59. The van der Waals surface area contributed by atoms with Crippen molar-refractivity contribution in [1.29, 1.82) is 0 Å². The maximum Gasteiger partial charge on any atom is 0.410 e. The predicted octanol–water partition coefficient (Wildman–Crippen LogP) is 5.18. The summed E-state index contributed by atoms with van der Waals surface area (Å²) in [6, 6.07) is 12.1. The largest absolute Gasteiger partial charge is 0.449 e. The van der Waals surface area contributed by atoms with Gasteiger partial charge in [0.05, 0.1) is 15.4 Å². The molecule has 1 fully saturated rings. The Kier molecular flexibility index (Phi) is 5.97. The molecule has 1 aliphatic heterocycles. The molecule has 0 spiro atoms. The van der Waals surface area contributed by atoms with Gasteiger partial charge in [0.15, 0.2) is 0 Å². The number of halogens is 1. The highest BCUT2D eigenvalue weighted by Crippen LogP contribution is 2.43. The zero-order chi connectivity index (χ0) is 21.2. The van der Waals surface area contributed by atoms with E-state index < -0.39 is 16.6 Å². The molecule has 0 unspecified atom stereocenters. The van der Waals surface area contributed by atoms with Gasteiger partial charge in [-0.1, -0.05) is 18.2 Å². The molecule has 1 N–H and O–H groups in total. The van der Waals surface area contributed by atoms with Crippen LogP contribution in [-0.4, -0.2) is 40.6 Å². The van der Waals surface area contributed by atoms with E-state index in [1.54, 1.807) is 62.1 Å². The topological polar surface area (TPSA) is 93.9 Å². The van der Waals surface area contributed by atoms with Crippen LogP contribution in [0.4, 0.5) is 16.2 Å².